The Morgan fingerprint density at radius 1 is 1.12 bits per heavy atom. The highest BCUT2D eigenvalue weighted by molar-refractivity contribution is 5.95. The van der Waals surface area contributed by atoms with Crippen LogP contribution in [-0.4, -0.2) is 46.2 Å². The molecule has 2 unspecified atom stereocenters. The van der Waals surface area contributed by atoms with E-state index in [-0.39, 0.29) is 35.7 Å². The average Bonchev–Trinajstić information content (AvgIpc) is 3.17. The predicted molar refractivity (Wildman–Crippen MR) is 108 cm³/mol. The molecule has 11 heteroatoms. The van der Waals surface area contributed by atoms with Crippen molar-refractivity contribution in [2.24, 2.45) is 0 Å². The van der Waals surface area contributed by atoms with E-state index >= 15 is 0 Å². The second-order valence-corrected chi connectivity index (χ2v) is 7.40. The van der Waals surface area contributed by atoms with Crippen molar-refractivity contribution in [3.05, 3.63) is 81.9 Å². The Morgan fingerprint density at radius 3 is 2.45 bits per heavy atom. The van der Waals surface area contributed by atoms with Crippen molar-refractivity contribution < 1.29 is 32.2 Å². The van der Waals surface area contributed by atoms with Crippen LogP contribution in [0.3, 0.4) is 0 Å². The average molecular weight is 463 g/mol. The Kier molecular flexibility index (Phi) is 6.00. The molecule has 0 saturated carbocycles. The monoisotopic (exact) mass is 463 g/mol. The summed E-state index contributed by atoms with van der Waals surface area (Å²) in [4.78, 5) is 25.9. The third-order valence-corrected chi connectivity index (χ3v) is 5.08. The fourth-order valence-corrected chi connectivity index (χ4v) is 3.34. The van der Waals surface area contributed by atoms with Gasteiger partial charge in [0.05, 0.1) is 42.3 Å². The lowest BCUT2D eigenvalue weighted by molar-refractivity contribution is -0.137. The highest BCUT2D eigenvalue weighted by atomic mass is 19.4. The highest BCUT2D eigenvalue weighted by Crippen LogP contribution is 2.30. The van der Waals surface area contributed by atoms with Gasteiger partial charge in [0.2, 0.25) is 0 Å². The van der Waals surface area contributed by atoms with Crippen molar-refractivity contribution in [3.63, 3.8) is 0 Å². The van der Waals surface area contributed by atoms with Crippen molar-refractivity contribution in [1.29, 1.82) is 0 Å². The standard InChI is InChI=1S/C22H17F4N3O4/c23-14-2-1-3-15(8-14)29-21(32)16(20(31)27-18-10-33-11-19(18)30)9-17(28-29)12-4-6-13(7-5-12)22(24,25)26/h1-9,18-19,30H,10-11H2,(H,27,31). The van der Waals surface area contributed by atoms with Crippen LogP contribution in [0.15, 0.2) is 59.4 Å². The molecule has 0 aliphatic carbocycles. The Hall–Kier alpha value is -3.57. The molecule has 0 bridgehead atoms. The van der Waals surface area contributed by atoms with Crippen LogP contribution in [0, 0.1) is 5.82 Å². The van der Waals surface area contributed by atoms with Crippen LogP contribution in [0.4, 0.5) is 17.6 Å². The first-order valence-corrected chi connectivity index (χ1v) is 9.78. The topological polar surface area (TPSA) is 93.4 Å². The summed E-state index contributed by atoms with van der Waals surface area (Å²) in [6.07, 6.45) is -5.50. The molecular weight excluding hydrogens is 446 g/mol. The van der Waals surface area contributed by atoms with Crippen LogP contribution in [0.2, 0.25) is 0 Å². The number of halogens is 4. The zero-order valence-electron chi connectivity index (χ0n) is 16.8. The van der Waals surface area contributed by atoms with Crippen molar-refractivity contribution in [1.82, 2.24) is 15.1 Å². The lowest BCUT2D eigenvalue weighted by atomic mass is 10.1. The maximum atomic E-state index is 13.8. The van der Waals surface area contributed by atoms with Gasteiger partial charge in [-0.15, -0.1) is 0 Å². The largest absolute Gasteiger partial charge is 0.416 e. The summed E-state index contributed by atoms with van der Waals surface area (Å²) < 4.78 is 58.4. The Morgan fingerprint density at radius 2 is 1.85 bits per heavy atom. The number of benzene rings is 2. The van der Waals surface area contributed by atoms with Crippen molar-refractivity contribution >= 4 is 5.91 Å². The van der Waals surface area contributed by atoms with Gasteiger partial charge in [-0.25, -0.2) is 4.39 Å². The maximum absolute atomic E-state index is 13.8. The van der Waals surface area contributed by atoms with E-state index in [4.69, 9.17) is 4.74 Å². The first-order valence-electron chi connectivity index (χ1n) is 9.78. The fourth-order valence-electron chi connectivity index (χ4n) is 3.34. The molecule has 172 valence electrons. The minimum absolute atomic E-state index is 0.0148. The molecule has 0 radical (unpaired) electrons. The lowest BCUT2D eigenvalue weighted by Crippen LogP contribution is -2.44. The van der Waals surface area contributed by atoms with Crippen molar-refractivity contribution in [3.8, 4) is 16.9 Å². The molecule has 33 heavy (non-hydrogen) atoms. The van der Waals surface area contributed by atoms with Gasteiger partial charge in [-0.3, -0.25) is 9.59 Å². The van der Waals surface area contributed by atoms with Crippen LogP contribution >= 0.6 is 0 Å². The van der Waals surface area contributed by atoms with Gasteiger partial charge in [0.25, 0.3) is 11.5 Å². The van der Waals surface area contributed by atoms with E-state index in [1.165, 1.54) is 12.1 Å². The van der Waals surface area contributed by atoms with E-state index in [1.54, 1.807) is 0 Å². The molecule has 4 rings (SSSR count). The summed E-state index contributed by atoms with van der Waals surface area (Å²) in [6, 6.07) is 9.31. The molecule has 0 spiro atoms. The van der Waals surface area contributed by atoms with Gasteiger partial charge in [-0.05, 0) is 36.4 Å². The lowest BCUT2D eigenvalue weighted by Gasteiger charge is -2.16. The molecule has 7 nitrogen and oxygen atoms in total. The van der Waals surface area contributed by atoms with Crippen LogP contribution in [0.5, 0.6) is 0 Å². The van der Waals surface area contributed by atoms with E-state index in [0.717, 1.165) is 47.1 Å². The van der Waals surface area contributed by atoms with E-state index in [1.807, 2.05) is 0 Å². The summed E-state index contributed by atoms with van der Waals surface area (Å²) in [5.74, 6) is -1.49. The summed E-state index contributed by atoms with van der Waals surface area (Å²) in [5, 5.41) is 16.5. The summed E-state index contributed by atoms with van der Waals surface area (Å²) in [7, 11) is 0. The molecule has 1 aliphatic rings. The molecule has 2 atom stereocenters. The third-order valence-electron chi connectivity index (χ3n) is 5.08. The maximum Gasteiger partial charge on any atom is 0.416 e. The predicted octanol–water partition coefficient (Wildman–Crippen LogP) is 2.55. The van der Waals surface area contributed by atoms with E-state index < -0.39 is 41.2 Å². The highest BCUT2D eigenvalue weighted by Gasteiger charge is 2.31. The minimum Gasteiger partial charge on any atom is -0.388 e. The normalized spacial score (nSPS) is 18.3. The van der Waals surface area contributed by atoms with Crippen LogP contribution in [0.1, 0.15) is 15.9 Å². The zero-order chi connectivity index (χ0) is 23.8. The Labute approximate surface area is 184 Å². The number of hydrogen-bond donors (Lipinski definition) is 2. The molecule has 2 N–H and O–H groups in total. The smallest absolute Gasteiger partial charge is 0.388 e. The number of carbonyl (C=O) groups is 1. The molecule has 2 heterocycles. The van der Waals surface area contributed by atoms with Crippen molar-refractivity contribution in [2.45, 2.75) is 18.3 Å². The number of aromatic nitrogens is 2. The molecule has 3 aromatic rings. The van der Waals surface area contributed by atoms with Gasteiger partial charge in [0, 0.05) is 5.56 Å². The van der Waals surface area contributed by atoms with Gasteiger partial charge in [-0.1, -0.05) is 18.2 Å². The number of alkyl halides is 3. The molecule has 2 aromatic carbocycles. The van der Waals surface area contributed by atoms with E-state index in [0.29, 0.717) is 0 Å². The Bertz CT molecular complexity index is 1240. The second-order valence-electron chi connectivity index (χ2n) is 7.40. The first-order chi connectivity index (χ1) is 15.6. The molecule has 1 fully saturated rings. The minimum atomic E-state index is -4.54. The molecule has 1 aliphatic heterocycles. The number of hydrogen-bond acceptors (Lipinski definition) is 5. The molecule has 1 saturated heterocycles. The summed E-state index contributed by atoms with van der Waals surface area (Å²) in [5.41, 5.74) is -1.90. The van der Waals surface area contributed by atoms with Crippen molar-refractivity contribution in [2.75, 3.05) is 13.2 Å². The molecular formula is C22H17F4N3O4. The quantitative estimate of drug-likeness (QED) is 0.581. The van der Waals surface area contributed by atoms with Gasteiger partial charge in [0.15, 0.2) is 0 Å². The molecule has 1 aromatic heterocycles. The van der Waals surface area contributed by atoms with E-state index in [9.17, 15) is 32.3 Å². The SMILES string of the molecule is O=C(NC1COCC1O)c1cc(-c2ccc(C(F)(F)F)cc2)nn(-c2cccc(F)c2)c1=O. The number of amides is 1. The molecule has 1 amide bonds. The summed E-state index contributed by atoms with van der Waals surface area (Å²) in [6.45, 7) is 0.0630. The van der Waals surface area contributed by atoms with Gasteiger partial charge < -0.3 is 15.2 Å². The van der Waals surface area contributed by atoms with Crippen LogP contribution < -0.4 is 10.9 Å². The van der Waals surface area contributed by atoms with Gasteiger partial charge in [0.1, 0.15) is 11.4 Å². The number of rotatable bonds is 4. The fraction of sp³-hybridized carbons (Fsp3) is 0.227. The summed E-state index contributed by atoms with van der Waals surface area (Å²) >= 11 is 0. The number of ether oxygens (including phenoxy) is 1. The number of aliphatic hydroxyl groups is 1. The second kappa shape index (κ2) is 8.75. The van der Waals surface area contributed by atoms with Crippen LogP contribution in [0.25, 0.3) is 16.9 Å². The Balaban J connectivity index is 1.81. The first kappa shape index (κ1) is 22.6. The number of nitrogens with one attached hydrogen (secondary N) is 1. The van der Waals surface area contributed by atoms with E-state index in [2.05, 4.69) is 10.4 Å². The zero-order valence-corrected chi connectivity index (χ0v) is 16.8. The van der Waals surface area contributed by atoms with Crippen LogP contribution in [-0.2, 0) is 10.9 Å². The number of carbonyl (C=O) groups excluding carboxylic acids is 1. The number of nitrogens with zero attached hydrogens (tertiary/aromatic N) is 2. The number of aliphatic hydroxyl groups excluding tert-OH is 1. The third kappa shape index (κ3) is 4.78. The van der Waals surface area contributed by atoms with Gasteiger partial charge in [-0.2, -0.15) is 23.0 Å². The van der Waals surface area contributed by atoms with Gasteiger partial charge >= 0.3 is 6.18 Å².